The molecule has 0 spiro atoms. The van der Waals surface area contributed by atoms with Crippen LogP contribution in [-0.2, 0) is 13.0 Å². The largest absolute Gasteiger partial charge is 0.328 e. The molecule has 0 atom stereocenters. The van der Waals surface area contributed by atoms with Gasteiger partial charge in [0.25, 0.3) is 0 Å². The van der Waals surface area contributed by atoms with E-state index in [0.717, 1.165) is 17.9 Å². The van der Waals surface area contributed by atoms with Gasteiger partial charge in [0.2, 0.25) is 0 Å². The molecule has 0 saturated carbocycles. The molecular formula is C13H18FN3. The zero-order chi connectivity index (χ0) is 12.6. The molecule has 0 saturated heterocycles. The molecule has 0 aliphatic heterocycles. The van der Waals surface area contributed by atoms with Gasteiger partial charge >= 0.3 is 0 Å². The lowest BCUT2D eigenvalue weighted by atomic mass is 10.0. The molecular weight excluding hydrogens is 217 g/mol. The number of aromatic nitrogens is 2. The number of rotatable bonds is 3. The van der Waals surface area contributed by atoms with Crippen molar-refractivity contribution in [3.63, 3.8) is 0 Å². The number of nitrogens with two attached hydrogens (primary N) is 1. The monoisotopic (exact) mass is 235 g/mol. The normalized spacial score (nSPS) is 12.3. The number of fused-ring (bicyclic) bond motifs is 1. The molecule has 17 heavy (non-hydrogen) atoms. The number of hydrogen-bond acceptors (Lipinski definition) is 2. The van der Waals surface area contributed by atoms with Crippen molar-refractivity contribution in [1.29, 1.82) is 0 Å². The highest BCUT2D eigenvalue weighted by molar-refractivity contribution is 5.76. The van der Waals surface area contributed by atoms with E-state index >= 15 is 0 Å². The lowest BCUT2D eigenvalue weighted by molar-refractivity contribution is 0.490. The third-order valence-electron chi connectivity index (χ3n) is 2.72. The summed E-state index contributed by atoms with van der Waals surface area (Å²) in [5.74, 6) is 0.664. The van der Waals surface area contributed by atoms with Crippen LogP contribution >= 0.6 is 0 Å². The average Bonchev–Trinajstić information content (AvgIpc) is 2.51. The van der Waals surface area contributed by atoms with Gasteiger partial charge < -0.3 is 10.3 Å². The van der Waals surface area contributed by atoms with Crippen molar-refractivity contribution in [3.05, 3.63) is 29.8 Å². The van der Waals surface area contributed by atoms with Gasteiger partial charge in [-0.05, 0) is 32.9 Å². The second-order valence-electron chi connectivity index (χ2n) is 5.07. The highest BCUT2D eigenvalue weighted by Gasteiger charge is 2.17. The van der Waals surface area contributed by atoms with Crippen LogP contribution in [0.3, 0.4) is 0 Å². The van der Waals surface area contributed by atoms with Gasteiger partial charge in [-0.2, -0.15) is 0 Å². The number of nitrogens with zero attached hydrogens (tertiary/aromatic N) is 2. The molecule has 0 amide bonds. The quantitative estimate of drug-likeness (QED) is 0.888. The van der Waals surface area contributed by atoms with E-state index in [-0.39, 0.29) is 11.4 Å². The van der Waals surface area contributed by atoms with Crippen molar-refractivity contribution in [1.82, 2.24) is 9.55 Å². The van der Waals surface area contributed by atoms with E-state index in [1.165, 1.54) is 12.1 Å². The lowest BCUT2D eigenvalue weighted by Crippen LogP contribution is -2.35. The van der Waals surface area contributed by atoms with Gasteiger partial charge in [0.15, 0.2) is 0 Å². The Morgan fingerprint density at radius 2 is 2.12 bits per heavy atom. The van der Waals surface area contributed by atoms with Gasteiger partial charge in [0, 0.05) is 24.6 Å². The number of benzene rings is 1. The van der Waals surface area contributed by atoms with Crippen LogP contribution in [0.4, 0.5) is 4.39 Å². The minimum Gasteiger partial charge on any atom is -0.328 e. The summed E-state index contributed by atoms with van der Waals surface area (Å²) in [6, 6.07) is 4.70. The van der Waals surface area contributed by atoms with E-state index in [9.17, 15) is 4.39 Å². The molecule has 2 aromatic rings. The predicted octanol–water partition coefficient (Wildman–Crippen LogP) is 2.48. The maximum Gasteiger partial charge on any atom is 0.125 e. The zero-order valence-corrected chi connectivity index (χ0v) is 10.5. The fourth-order valence-corrected chi connectivity index (χ4v) is 2.05. The van der Waals surface area contributed by atoms with Gasteiger partial charge in [0.1, 0.15) is 11.6 Å². The molecule has 0 radical (unpaired) electrons. The maximum atomic E-state index is 13.1. The van der Waals surface area contributed by atoms with E-state index in [0.29, 0.717) is 11.9 Å². The summed E-state index contributed by atoms with van der Waals surface area (Å²) in [4.78, 5) is 4.47. The molecule has 2 N–H and O–H groups in total. The third-order valence-corrected chi connectivity index (χ3v) is 2.72. The van der Waals surface area contributed by atoms with Gasteiger partial charge in [-0.15, -0.1) is 0 Å². The Bertz CT molecular complexity index is 537. The van der Waals surface area contributed by atoms with Crippen molar-refractivity contribution in [3.8, 4) is 0 Å². The number of aryl methyl sites for hydroxylation is 1. The molecule has 0 fully saturated rings. The fourth-order valence-electron chi connectivity index (χ4n) is 2.05. The molecule has 0 aliphatic carbocycles. The first-order valence-corrected chi connectivity index (χ1v) is 5.84. The van der Waals surface area contributed by atoms with Gasteiger partial charge in [-0.25, -0.2) is 9.37 Å². The van der Waals surface area contributed by atoms with E-state index < -0.39 is 0 Å². The molecule has 0 unspecified atom stereocenters. The van der Waals surface area contributed by atoms with Gasteiger partial charge in [-0.1, -0.05) is 0 Å². The third kappa shape index (κ3) is 2.47. The molecule has 1 aromatic carbocycles. The minimum absolute atomic E-state index is 0.253. The standard InChI is InChI=1S/C13H18FN3/c1-4-17-11-6-5-9(14)7-10(11)16-12(17)8-13(2,3)15/h5-7H,4,8,15H2,1-3H3. The molecule has 1 aromatic heterocycles. The van der Waals surface area contributed by atoms with Gasteiger partial charge in [0.05, 0.1) is 11.0 Å². The van der Waals surface area contributed by atoms with Crippen molar-refractivity contribution in [2.45, 2.75) is 39.3 Å². The molecule has 1 heterocycles. The number of halogens is 1. The SMILES string of the molecule is CCn1c(CC(C)(C)N)nc2cc(F)ccc21. The maximum absolute atomic E-state index is 13.1. The second kappa shape index (κ2) is 4.11. The lowest BCUT2D eigenvalue weighted by Gasteiger charge is -2.18. The Balaban J connectivity index is 2.55. The smallest absolute Gasteiger partial charge is 0.125 e. The molecule has 2 rings (SSSR count). The van der Waals surface area contributed by atoms with Crippen LogP contribution in [0.2, 0.25) is 0 Å². The average molecular weight is 235 g/mol. The van der Waals surface area contributed by atoms with Gasteiger partial charge in [-0.3, -0.25) is 0 Å². The van der Waals surface area contributed by atoms with Crippen molar-refractivity contribution >= 4 is 11.0 Å². The van der Waals surface area contributed by atoms with E-state index in [4.69, 9.17) is 5.73 Å². The van der Waals surface area contributed by atoms with E-state index in [2.05, 4.69) is 16.5 Å². The van der Waals surface area contributed by atoms with Crippen LogP contribution in [0.1, 0.15) is 26.6 Å². The Hall–Kier alpha value is -1.42. The second-order valence-corrected chi connectivity index (χ2v) is 5.07. The summed E-state index contributed by atoms with van der Waals surface area (Å²) < 4.78 is 15.2. The Morgan fingerprint density at radius 3 is 2.71 bits per heavy atom. The summed E-state index contributed by atoms with van der Waals surface area (Å²) in [5, 5.41) is 0. The predicted molar refractivity (Wildman–Crippen MR) is 67.3 cm³/mol. The van der Waals surface area contributed by atoms with E-state index in [1.807, 2.05) is 13.8 Å². The Kier molecular flexibility index (Phi) is 2.91. The van der Waals surface area contributed by atoms with Crippen LogP contribution in [0.15, 0.2) is 18.2 Å². The summed E-state index contributed by atoms with van der Waals surface area (Å²) in [6.45, 7) is 6.80. The highest BCUT2D eigenvalue weighted by atomic mass is 19.1. The number of hydrogen-bond donors (Lipinski definition) is 1. The molecule has 0 aliphatic rings. The summed E-state index contributed by atoms with van der Waals surface area (Å²) >= 11 is 0. The molecule has 0 bridgehead atoms. The first-order chi connectivity index (χ1) is 7.90. The van der Waals surface area contributed by atoms with Crippen molar-refractivity contribution in [2.24, 2.45) is 5.73 Å². The number of imidazole rings is 1. The molecule has 4 heteroatoms. The topological polar surface area (TPSA) is 43.8 Å². The van der Waals surface area contributed by atoms with Crippen molar-refractivity contribution < 1.29 is 4.39 Å². The molecule has 92 valence electrons. The summed E-state index contributed by atoms with van der Waals surface area (Å²) in [7, 11) is 0. The Morgan fingerprint density at radius 1 is 1.41 bits per heavy atom. The highest BCUT2D eigenvalue weighted by Crippen LogP contribution is 2.20. The van der Waals surface area contributed by atoms with Crippen LogP contribution < -0.4 is 5.73 Å². The van der Waals surface area contributed by atoms with Crippen LogP contribution in [0, 0.1) is 5.82 Å². The minimum atomic E-state index is -0.313. The van der Waals surface area contributed by atoms with Crippen LogP contribution in [-0.4, -0.2) is 15.1 Å². The Labute approximate surface area is 100 Å². The van der Waals surface area contributed by atoms with E-state index in [1.54, 1.807) is 6.07 Å². The summed E-state index contributed by atoms with van der Waals surface area (Å²) in [6.07, 6.45) is 0.678. The van der Waals surface area contributed by atoms with Crippen LogP contribution in [0.25, 0.3) is 11.0 Å². The first-order valence-electron chi connectivity index (χ1n) is 5.84. The summed E-state index contributed by atoms with van der Waals surface area (Å²) in [5.41, 5.74) is 7.37. The zero-order valence-electron chi connectivity index (χ0n) is 10.5. The first kappa shape index (κ1) is 12.0. The fraction of sp³-hybridized carbons (Fsp3) is 0.462. The molecule has 3 nitrogen and oxygen atoms in total. The van der Waals surface area contributed by atoms with Crippen LogP contribution in [0.5, 0.6) is 0 Å². The van der Waals surface area contributed by atoms with Crippen molar-refractivity contribution in [2.75, 3.05) is 0 Å².